The predicted octanol–water partition coefficient (Wildman–Crippen LogP) is 3.82. The average Bonchev–Trinajstić information content (AvgIpc) is 2.37. The van der Waals surface area contributed by atoms with Gasteiger partial charge in [-0.25, -0.2) is 0 Å². The summed E-state index contributed by atoms with van der Waals surface area (Å²) < 4.78 is 4.58. The van der Waals surface area contributed by atoms with E-state index in [0.29, 0.717) is 19.3 Å². The average molecular weight is 276 g/mol. The van der Waals surface area contributed by atoms with Gasteiger partial charge in [0.1, 0.15) is 0 Å². The molecular weight excluding hydrogens is 252 g/mol. The minimum atomic E-state index is -0.266. The van der Waals surface area contributed by atoms with E-state index in [1.165, 1.54) is 7.11 Å². The van der Waals surface area contributed by atoms with E-state index in [4.69, 9.17) is 0 Å². The van der Waals surface area contributed by atoms with E-state index < -0.39 is 0 Å². The lowest BCUT2D eigenvalue weighted by Gasteiger charge is -2.20. The van der Waals surface area contributed by atoms with Crippen molar-refractivity contribution < 1.29 is 14.3 Å². The molecule has 0 aliphatic heterocycles. The number of benzene rings is 1. The summed E-state index contributed by atoms with van der Waals surface area (Å²) in [5.74, 6) is -0.171. The van der Waals surface area contributed by atoms with Crippen LogP contribution in [0.1, 0.15) is 61.5 Å². The zero-order valence-electron chi connectivity index (χ0n) is 13.1. The number of esters is 1. The van der Waals surface area contributed by atoms with Gasteiger partial charge in [0, 0.05) is 18.4 Å². The highest BCUT2D eigenvalue weighted by molar-refractivity contribution is 5.97. The quantitative estimate of drug-likeness (QED) is 0.606. The van der Waals surface area contributed by atoms with Crippen molar-refractivity contribution in [1.82, 2.24) is 0 Å². The third kappa shape index (κ3) is 4.48. The van der Waals surface area contributed by atoms with Crippen molar-refractivity contribution >= 4 is 11.8 Å². The molecule has 3 heteroatoms. The molecule has 0 heterocycles. The largest absolute Gasteiger partial charge is 0.469 e. The van der Waals surface area contributed by atoms with Gasteiger partial charge in [-0.15, -0.1) is 0 Å². The highest BCUT2D eigenvalue weighted by Crippen LogP contribution is 2.25. The van der Waals surface area contributed by atoms with Gasteiger partial charge in [-0.3, -0.25) is 9.59 Å². The smallest absolute Gasteiger partial charge is 0.305 e. The molecular formula is C17H24O3. The lowest BCUT2D eigenvalue weighted by Crippen LogP contribution is -2.13. The van der Waals surface area contributed by atoms with Gasteiger partial charge < -0.3 is 4.74 Å². The van der Waals surface area contributed by atoms with Crippen molar-refractivity contribution in [1.29, 1.82) is 0 Å². The van der Waals surface area contributed by atoms with Crippen molar-refractivity contribution in [2.24, 2.45) is 0 Å². The molecule has 0 bridgehead atoms. The lowest BCUT2D eigenvalue weighted by molar-refractivity contribution is -0.140. The Bertz CT molecular complexity index is 495. The second-order valence-corrected chi connectivity index (χ2v) is 6.13. The van der Waals surface area contributed by atoms with E-state index >= 15 is 0 Å². The number of carbonyl (C=O) groups excluding carboxylic acids is 2. The van der Waals surface area contributed by atoms with Crippen molar-refractivity contribution in [3.63, 3.8) is 0 Å². The van der Waals surface area contributed by atoms with Crippen LogP contribution in [0.25, 0.3) is 0 Å². The molecule has 0 amide bonds. The van der Waals surface area contributed by atoms with Crippen LogP contribution in [0.15, 0.2) is 18.2 Å². The molecule has 0 radical (unpaired) electrons. The Kier molecular flexibility index (Phi) is 5.49. The number of Topliss-reactive ketones (excluding diaryl/α,β-unsaturated/α-hetero) is 1. The first kappa shape index (κ1) is 16.4. The van der Waals surface area contributed by atoms with E-state index in [1.54, 1.807) is 0 Å². The fourth-order valence-corrected chi connectivity index (χ4v) is 2.02. The van der Waals surface area contributed by atoms with Crippen molar-refractivity contribution in [2.45, 2.75) is 52.4 Å². The van der Waals surface area contributed by atoms with Crippen molar-refractivity contribution in [3.05, 3.63) is 34.9 Å². The summed E-state index contributed by atoms with van der Waals surface area (Å²) in [5, 5.41) is 0. The molecule has 0 aliphatic carbocycles. The first-order chi connectivity index (χ1) is 9.25. The fourth-order valence-electron chi connectivity index (χ4n) is 2.02. The molecule has 0 N–H and O–H groups in total. The van der Waals surface area contributed by atoms with Crippen LogP contribution in [0.4, 0.5) is 0 Å². The topological polar surface area (TPSA) is 43.4 Å². The number of rotatable bonds is 5. The van der Waals surface area contributed by atoms with Crippen LogP contribution >= 0.6 is 0 Å². The van der Waals surface area contributed by atoms with E-state index in [2.05, 4.69) is 31.6 Å². The Morgan fingerprint density at radius 2 is 1.80 bits per heavy atom. The number of ether oxygens (including phenoxy) is 1. The molecule has 0 aromatic heterocycles. The van der Waals surface area contributed by atoms with Gasteiger partial charge in [-0.1, -0.05) is 32.9 Å². The van der Waals surface area contributed by atoms with Crippen LogP contribution in [0.5, 0.6) is 0 Å². The summed E-state index contributed by atoms with van der Waals surface area (Å²) >= 11 is 0. The lowest BCUT2D eigenvalue weighted by atomic mass is 9.84. The van der Waals surface area contributed by atoms with E-state index in [-0.39, 0.29) is 17.2 Å². The molecule has 0 saturated carbocycles. The van der Waals surface area contributed by atoms with Crippen molar-refractivity contribution in [2.75, 3.05) is 7.11 Å². The Labute approximate surface area is 121 Å². The molecule has 1 aromatic rings. The molecule has 20 heavy (non-hydrogen) atoms. The monoisotopic (exact) mass is 276 g/mol. The number of methoxy groups -OCH3 is 1. The summed E-state index contributed by atoms with van der Waals surface area (Å²) in [5.41, 5.74) is 2.93. The van der Waals surface area contributed by atoms with Gasteiger partial charge >= 0.3 is 5.97 Å². The van der Waals surface area contributed by atoms with Crippen LogP contribution in [-0.2, 0) is 14.9 Å². The Morgan fingerprint density at radius 3 is 2.35 bits per heavy atom. The van der Waals surface area contributed by atoms with E-state index in [1.807, 2.05) is 19.1 Å². The molecule has 110 valence electrons. The number of hydrogen-bond acceptors (Lipinski definition) is 3. The standard InChI is InChI=1S/C17H24O3/c1-12-9-10-13(17(2,3)4)11-14(12)15(18)7-6-8-16(19)20-5/h9-11H,6-8H2,1-5H3. The van der Waals surface area contributed by atoms with Crippen LogP contribution in [0.2, 0.25) is 0 Å². The summed E-state index contributed by atoms with van der Waals surface area (Å²) in [6.07, 6.45) is 1.20. The van der Waals surface area contributed by atoms with Gasteiger partial charge in [-0.05, 0) is 36.0 Å². The van der Waals surface area contributed by atoms with Gasteiger partial charge in [0.15, 0.2) is 5.78 Å². The van der Waals surface area contributed by atoms with Crippen LogP contribution < -0.4 is 0 Å². The molecule has 1 aromatic carbocycles. The summed E-state index contributed by atoms with van der Waals surface area (Å²) in [7, 11) is 1.36. The molecule has 3 nitrogen and oxygen atoms in total. The Hall–Kier alpha value is -1.64. The molecule has 0 aliphatic rings. The Balaban J connectivity index is 2.79. The molecule has 0 unspecified atom stereocenters. The predicted molar refractivity (Wildman–Crippen MR) is 80.1 cm³/mol. The van der Waals surface area contributed by atoms with Gasteiger partial charge in [0.2, 0.25) is 0 Å². The normalized spacial score (nSPS) is 11.2. The number of carbonyl (C=O) groups is 2. The third-order valence-electron chi connectivity index (χ3n) is 3.42. The van der Waals surface area contributed by atoms with Crippen LogP contribution in [0.3, 0.4) is 0 Å². The fraction of sp³-hybridized carbons (Fsp3) is 0.529. The minimum absolute atomic E-state index is 0.0226. The third-order valence-corrected chi connectivity index (χ3v) is 3.42. The van der Waals surface area contributed by atoms with Gasteiger partial charge in [-0.2, -0.15) is 0 Å². The number of hydrogen-bond donors (Lipinski definition) is 0. The zero-order valence-corrected chi connectivity index (χ0v) is 13.1. The van der Waals surface area contributed by atoms with Crippen LogP contribution in [0, 0.1) is 6.92 Å². The van der Waals surface area contributed by atoms with E-state index in [0.717, 1.165) is 16.7 Å². The second-order valence-electron chi connectivity index (χ2n) is 6.13. The first-order valence-electron chi connectivity index (χ1n) is 6.97. The summed E-state index contributed by atoms with van der Waals surface area (Å²) in [4.78, 5) is 23.3. The Morgan fingerprint density at radius 1 is 1.15 bits per heavy atom. The van der Waals surface area contributed by atoms with Crippen LogP contribution in [-0.4, -0.2) is 18.9 Å². The second kappa shape index (κ2) is 6.69. The van der Waals surface area contributed by atoms with Gasteiger partial charge in [0.05, 0.1) is 7.11 Å². The SMILES string of the molecule is COC(=O)CCCC(=O)c1cc(C(C)(C)C)ccc1C. The number of aryl methyl sites for hydroxylation is 1. The molecule has 0 saturated heterocycles. The summed E-state index contributed by atoms with van der Waals surface area (Å²) in [6, 6.07) is 6.05. The molecule has 0 atom stereocenters. The zero-order chi connectivity index (χ0) is 15.3. The van der Waals surface area contributed by atoms with Crippen molar-refractivity contribution in [3.8, 4) is 0 Å². The highest BCUT2D eigenvalue weighted by Gasteiger charge is 2.17. The summed E-state index contributed by atoms with van der Waals surface area (Å²) in [6.45, 7) is 8.33. The maximum atomic E-state index is 12.3. The number of ketones is 1. The highest BCUT2D eigenvalue weighted by atomic mass is 16.5. The molecule has 1 rings (SSSR count). The van der Waals surface area contributed by atoms with Gasteiger partial charge in [0.25, 0.3) is 0 Å². The minimum Gasteiger partial charge on any atom is -0.469 e. The molecule has 0 spiro atoms. The first-order valence-corrected chi connectivity index (χ1v) is 6.97. The maximum Gasteiger partial charge on any atom is 0.305 e. The molecule has 0 fully saturated rings. The maximum absolute atomic E-state index is 12.3. The van der Waals surface area contributed by atoms with E-state index in [9.17, 15) is 9.59 Å².